The van der Waals surface area contributed by atoms with E-state index in [4.69, 9.17) is 26.1 Å². The molecule has 6 unspecified atom stereocenters. The van der Waals surface area contributed by atoms with Crippen LogP contribution >= 0.6 is 0 Å². The summed E-state index contributed by atoms with van der Waals surface area (Å²) >= 11 is 0. The number of ketones is 1. The number of nitrogens with one attached hydrogen (secondary N) is 3. The van der Waals surface area contributed by atoms with Gasteiger partial charge < -0.3 is 63.0 Å². The van der Waals surface area contributed by atoms with Gasteiger partial charge in [0.25, 0.3) is 10.1 Å². The van der Waals surface area contributed by atoms with Crippen LogP contribution in [0.2, 0.25) is 0 Å². The normalized spacial score (nSPS) is 14.8. The van der Waals surface area contributed by atoms with Gasteiger partial charge in [0.2, 0.25) is 11.8 Å². The summed E-state index contributed by atoms with van der Waals surface area (Å²) in [6.07, 6.45) is 95.1. The maximum Gasteiger partial charge on any atom is 0.397 e. The summed E-state index contributed by atoms with van der Waals surface area (Å²) in [5, 5.41) is 68.0. The van der Waals surface area contributed by atoms with Crippen molar-refractivity contribution in [1.82, 2.24) is 30.7 Å². The van der Waals surface area contributed by atoms with Crippen LogP contribution in [-0.4, -0.2) is 238 Å². The number of carbonyl (C=O) groups excluding carboxylic acids is 3. The van der Waals surface area contributed by atoms with Crippen LogP contribution in [0.15, 0.2) is 65.8 Å². The number of allylic oxidation sites excluding steroid dienone is 5. The molecule has 1 saturated heterocycles. The third kappa shape index (κ3) is 111. The number of hydrogen-bond donors (Lipinski definition) is 12. The van der Waals surface area contributed by atoms with E-state index in [0.29, 0.717) is 45.1 Å². The van der Waals surface area contributed by atoms with Gasteiger partial charge in [-0.15, -0.1) is 0 Å². The van der Waals surface area contributed by atoms with Crippen LogP contribution in [0.3, 0.4) is 0 Å². The monoisotopic (exact) mass is 1990 g/mol. The molecule has 0 aliphatic carbocycles. The molecule has 0 radical (unpaired) electrons. The van der Waals surface area contributed by atoms with Crippen molar-refractivity contribution in [3.63, 3.8) is 0 Å². The van der Waals surface area contributed by atoms with Gasteiger partial charge in [0, 0.05) is 97.7 Å². The Kier molecular flexibility index (Phi) is 111. The van der Waals surface area contributed by atoms with E-state index in [9.17, 15) is 56.8 Å². The molecule has 812 valence electrons. The number of nitrogens with two attached hydrogens (primary N) is 2. The molecular formula is C110H219N9O16S2. The van der Waals surface area contributed by atoms with Crippen molar-refractivity contribution in [2.75, 3.05) is 111 Å². The van der Waals surface area contributed by atoms with Crippen LogP contribution in [-0.2, 0) is 43.3 Å². The third-order valence-corrected chi connectivity index (χ3v) is 25.8. The maximum atomic E-state index is 12.4. The standard InChI is InChI=1S/C42H81N3O3.C40H75N3O3.C19H36O3.C4H13N3.C3H8O3S.C2H6O4S/c1-4-7-9-23-29-39(46)31-25-19-15-11-13-17-21-27-33-41(48)43-35-36-45-38-37-44(6-3)42(45)34-28-22-18-14-12-16-20-26-32-40(47)30-24-10-8-5-2;1-3-5-7-21-27-37(44)29-23-17-13-9-11-15-19-25-31-39-41-33-35-43(39)36-34-42-40(46)32-26-20-16-12-10-14-18-24-30-38(45)28-22-8-6-4-2;1-2-3-4-11-14-18(21)15-12-9-7-5-6-8-10-13-16-19(22)17-20;5-1-3-7-4-2-6;1-3-6-7(2,4)5;1-2-6-7(3,4)5/h19-20,25-26,39-40,42,46-47H,4-18,21-24,27-38H2,1-3H3,(H,43,48);17-18,23-24,37-38,44-45H,3-16,19-22,25-36H2,1-2H3,(H,42,46);9,12,18,20-21H,2-8,10-11,13-17H2,1H3;7H,1-6H2;3H2,1-2H3;2H2,1H3,(H,3,4,5)/b25-19-,26-20-;23-17-,24-18-;12-9-;;;. The summed E-state index contributed by atoms with van der Waals surface area (Å²) in [5.74, 6) is 1.58. The minimum absolute atomic E-state index is 0.0289. The Hall–Kier alpha value is -3.88. The van der Waals surface area contributed by atoms with E-state index in [1.54, 1.807) is 6.92 Å². The number of amidine groups is 1. The van der Waals surface area contributed by atoms with Crippen LogP contribution in [0.4, 0.5) is 0 Å². The summed E-state index contributed by atoms with van der Waals surface area (Å²) < 4.78 is 54.9. The smallest absolute Gasteiger partial charge is 0.393 e. The zero-order chi connectivity index (χ0) is 102. The molecule has 27 heteroatoms. The van der Waals surface area contributed by atoms with Crippen LogP contribution in [0.25, 0.3) is 0 Å². The zero-order valence-electron chi connectivity index (χ0n) is 89.6. The third-order valence-electron chi connectivity index (χ3n) is 24.6. The van der Waals surface area contributed by atoms with Gasteiger partial charge >= 0.3 is 10.4 Å². The van der Waals surface area contributed by atoms with E-state index in [0.717, 1.165) is 251 Å². The van der Waals surface area contributed by atoms with E-state index in [1.807, 2.05) is 0 Å². The van der Waals surface area contributed by atoms with E-state index < -0.39 is 20.5 Å². The highest BCUT2D eigenvalue weighted by Crippen LogP contribution is 2.23. The second-order valence-electron chi connectivity index (χ2n) is 37.7. The Balaban J connectivity index is -0.000000908. The first-order valence-corrected chi connectivity index (χ1v) is 59.1. The van der Waals surface area contributed by atoms with Gasteiger partial charge in [0.15, 0.2) is 5.78 Å². The number of amides is 2. The lowest BCUT2D eigenvalue weighted by Crippen LogP contribution is -2.42. The van der Waals surface area contributed by atoms with Crippen molar-refractivity contribution in [2.24, 2.45) is 16.5 Å². The molecular weight excluding hydrogens is 1770 g/mol. The predicted molar refractivity (Wildman–Crippen MR) is 579 cm³/mol. The zero-order valence-corrected chi connectivity index (χ0v) is 91.2. The Morgan fingerprint density at radius 1 is 0.394 bits per heavy atom. The van der Waals surface area contributed by atoms with Gasteiger partial charge in [0.1, 0.15) is 6.61 Å². The van der Waals surface area contributed by atoms with Gasteiger partial charge in [-0.3, -0.25) is 37.9 Å². The number of Topliss-reactive ketones (excluding diaryl/α,β-unsaturated/α-hetero) is 1. The molecule has 2 rings (SSSR count). The molecule has 2 amide bonds. The fourth-order valence-electron chi connectivity index (χ4n) is 16.3. The van der Waals surface area contributed by atoms with E-state index >= 15 is 0 Å². The fraction of sp³-hybridized carbons (Fsp3) is 0.873. The molecule has 0 spiro atoms. The van der Waals surface area contributed by atoms with Crippen molar-refractivity contribution in [2.45, 2.75) is 509 Å². The fourth-order valence-corrected chi connectivity index (χ4v) is 17.1. The molecule has 1 fully saturated rings. The topological polar surface area (TPSA) is 390 Å². The predicted octanol–water partition coefficient (Wildman–Crippen LogP) is 22.8. The summed E-state index contributed by atoms with van der Waals surface area (Å²) in [4.78, 5) is 47.9. The van der Waals surface area contributed by atoms with E-state index in [1.165, 1.54) is 231 Å². The van der Waals surface area contributed by atoms with Crippen LogP contribution in [0.5, 0.6) is 0 Å². The highest BCUT2D eigenvalue weighted by Gasteiger charge is 2.30. The number of carbonyl (C=O) groups is 3. The molecule has 0 aromatic rings. The number of unbranched alkanes of at least 4 members (excludes halogenated alkanes) is 40. The first kappa shape index (κ1) is 139. The van der Waals surface area contributed by atoms with Crippen molar-refractivity contribution in [3.05, 3.63) is 60.8 Å². The number of nitrogens with zero attached hydrogens (tertiary/aromatic N) is 4. The molecule has 14 N–H and O–H groups in total. The van der Waals surface area contributed by atoms with Crippen molar-refractivity contribution in [1.29, 1.82) is 0 Å². The van der Waals surface area contributed by atoms with Crippen molar-refractivity contribution in [3.8, 4) is 0 Å². The van der Waals surface area contributed by atoms with Crippen molar-refractivity contribution >= 4 is 44.0 Å². The average Bonchev–Trinajstić information content (AvgIpc) is 1.71. The lowest BCUT2D eigenvalue weighted by atomic mass is 10.1. The molecule has 0 bridgehead atoms. The second kappa shape index (κ2) is 109. The first-order chi connectivity index (χ1) is 66.3. The van der Waals surface area contributed by atoms with Gasteiger partial charge in [0.05, 0.1) is 68.5 Å². The quantitative estimate of drug-likeness (QED) is 0.0116. The first-order valence-electron chi connectivity index (χ1n) is 56.0. The number of hydrogen-bond acceptors (Lipinski definition) is 22. The van der Waals surface area contributed by atoms with Crippen LogP contribution < -0.4 is 27.4 Å². The Bertz CT molecular complexity index is 2950. The van der Waals surface area contributed by atoms with Crippen LogP contribution in [0.1, 0.15) is 473 Å². The highest BCUT2D eigenvalue weighted by atomic mass is 32.3. The number of aliphatic hydroxyl groups excluding tert-OH is 6. The molecule has 0 aromatic heterocycles. The maximum absolute atomic E-state index is 12.4. The van der Waals surface area contributed by atoms with Crippen LogP contribution in [0, 0.1) is 0 Å². The minimum Gasteiger partial charge on any atom is -0.393 e. The Labute approximate surface area is 842 Å². The SMILES string of the molecule is CCCCCCC(O)C/C=C\CCCCCCCC(=O)CO.CCCCCCC(O)C/C=C\CCCCCCCC(=O)NCCN1CCN(CC)C1CCCCCCC/C=C\CC(O)CCCCCC.CCCCCCC(O)C/C=C\CCCCCCCC(=O)NCCN1CCN=C1CCCCCCC/C=C\CC(O)CCCCCC.CCOS(=O)(=O)O.CCOS(C)(=O)=O.NCCNCCN. The number of rotatable bonds is 91. The molecule has 2 aliphatic heterocycles. The van der Waals surface area contributed by atoms with Gasteiger partial charge in [-0.25, -0.2) is 4.18 Å². The molecule has 137 heavy (non-hydrogen) atoms. The van der Waals surface area contributed by atoms with E-state index in [-0.39, 0.29) is 67.9 Å². The summed E-state index contributed by atoms with van der Waals surface area (Å²) in [6, 6.07) is 0. The van der Waals surface area contributed by atoms with Gasteiger partial charge in [-0.05, 0) is 181 Å². The minimum atomic E-state index is -4.17. The largest absolute Gasteiger partial charge is 0.397 e. The number of aliphatic imine (C=N–C) groups is 1. The summed E-state index contributed by atoms with van der Waals surface area (Å²) in [6.45, 7) is 28.0. The van der Waals surface area contributed by atoms with E-state index in [2.05, 4.69) is 141 Å². The Morgan fingerprint density at radius 2 is 0.708 bits per heavy atom. The summed E-state index contributed by atoms with van der Waals surface area (Å²) in [5.41, 5.74) is 10.3. The number of likely N-dealkylation sites (N-methyl/N-ethyl adjacent to an activating group) is 1. The van der Waals surface area contributed by atoms with Gasteiger partial charge in [-0.1, -0.05) is 333 Å². The molecule has 0 aromatic carbocycles. The van der Waals surface area contributed by atoms with Gasteiger partial charge in [-0.2, -0.15) is 16.8 Å². The molecule has 6 atom stereocenters. The van der Waals surface area contributed by atoms with Crippen molar-refractivity contribution < 1.29 is 74.8 Å². The lowest BCUT2D eigenvalue weighted by molar-refractivity contribution is -0.122. The molecule has 25 nitrogen and oxygen atoms in total. The second-order valence-corrected chi connectivity index (χ2v) is 40.5. The molecule has 2 heterocycles. The molecule has 0 saturated carbocycles. The molecule has 2 aliphatic rings. The Morgan fingerprint density at radius 3 is 1.01 bits per heavy atom. The highest BCUT2D eigenvalue weighted by molar-refractivity contribution is 7.86. The lowest BCUT2D eigenvalue weighted by Gasteiger charge is -2.29. The average molecular weight is 1990 g/mol. The number of aliphatic hydroxyl groups is 6. The summed E-state index contributed by atoms with van der Waals surface area (Å²) in [7, 11) is -7.35.